The Bertz CT molecular complexity index is 3110. The van der Waals surface area contributed by atoms with Crippen LogP contribution < -0.4 is 9.80 Å². The molecule has 3 aliphatic rings. The minimum Gasteiger partial charge on any atom is -0.481 e. The van der Waals surface area contributed by atoms with E-state index in [9.17, 15) is 48.8 Å². The van der Waals surface area contributed by atoms with Crippen molar-refractivity contribution in [3.05, 3.63) is 99.8 Å². The zero-order valence-electron chi connectivity index (χ0n) is 41.8. The van der Waals surface area contributed by atoms with E-state index in [1.165, 1.54) is 12.1 Å². The number of allylic oxidation sites excluding steroid dienone is 8. The maximum absolute atomic E-state index is 12.7. The van der Waals surface area contributed by atoms with Crippen molar-refractivity contribution in [3.8, 4) is 0 Å². The molecule has 0 radical (unpaired) electrons. The van der Waals surface area contributed by atoms with Gasteiger partial charge in [0.2, 0.25) is 5.69 Å². The van der Waals surface area contributed by atoms with Gasteiger partial charge < -0.3 is 14.9 Å². The summed E-state index contributed by atoms with van der Waals surface area (Å²) in [6, 6.07) is 11.2. The molecule has 3 aromatic carbocycles. The third-order valence-electron chi connectivity index (χ3n) is 13.6. The monoisotopic (exact) mass is 1160 g/mol. The minimum absolute atomic E-state index is 0.00263. The van der Waals surface area contributed by atoms with Crippen molar-refractivity contribution in [2.75, 3.05) is 53.2 Å². The number of hydrogen-bond acceptors (Lipinski definition) is 17. The number of anilines is 2. The number of hydrogen-bond donors (Lipinski definition) is 6. The number of rotatable bonds is 28. The number of nitrogens with zero attached hydrogens (tertiary/aromatic N) is 3. The Hall–Kier alpha value is -3.90. The molecule has 0 saturated heterocycles. The number of fused-ring (bicyclic) bond motifs is 4. The Morgan fingerprint density at radius 1 is 0.800 bits per heavy atom. The summed E-state index contributed by atoms with van der Waals surface area (Å²) in [5.41, 5.74) is 5.70. The van der Waals surface area contributed by atoms with E-state index >= 15 is 0 Å². The number of aliphatic carboxylic acids is 1. The fourth-order valence-electron chi connectivity index (χ4n) is 10.1. The Labute approximate surface area is 451 Å². The Kier molecular flexibility index (Phi) is 20.7. The van der Waals surface area contributed by atoms with Crippen molar-refractivity contribution in [3.63, 3.8) is 0 Å². The molecule has 0 spiro atoms. The summed E-state index contributed by atoms with van der Waals surface area (Å²) in [5, 5.41) is 34.6. The molecule has 0 bridgehead atoms. The fraction of sp³-hybridized carbons (Fsp3) is 0.469. The molecule has 412 valence electrons. The highest BCUT2D eigenvalue weighted by atomic mass is 35.5. The highest BCUT2D eigenvalue weighted by Gasteiger charge is 2.46. The molecule has 0 amide bonds. The normalized spacial score (nSPS) is 17.8. The number of carboxylic acid groups (broad SMARTS) is 1. The first-order valence-corrected chi connectivity index (χ1v) is 30.7. The van der Waals surface area contributed by atoms with E-state index in [-0.39, 0.29) is 30.2 Å². The topological polar surface area (TPSA) is 287 Å². The largest absolute Gasteiger partial charge is 0.481 e. The molecular weight excluding hydrogens is 1100 g/mol. The van der Waals surface area contributed by atoms with Gasteiger partial charge in [0.25, 0.3) is 30.4 Å². The van der Waals surface area contributed by atoms with Crippen LogP contribution in [0.4, 0.5) is 17.1 Å². The quantitative estimate of drug-likeness (QED) is 0.00984. The number of carbonyl (C=O) groups is 1. The van der Waals surface area contributed by atoms with Crippen LogP contribution in [0.2, 0.25) is 0 Å². The highest BCUT2D eigenvalue weighted by molar-refractivity contribution is 7.94. The van der Waals surface area contributed by atoms with E-state index in [4.69, 9.17) is 22.1 Å². The molecule has 20 nitrogen and oxygen atoms in total. The molecule has 0 fully saturated rings. The van der Waals surface area contributed by atoms with Gasteiger partial charge in [-0.2, -0.15) is 29.8 Å². The lowest BCUT2D eigenvalue weighted by atomic mass is 9.78. The fourth-order valence-corrected chi connectivity index (χ4v) is 13.0. The Balaban J connectivity index is 1.39. The standard InChI is InChI=1S/C49H62ClN3O17S5/c1-48(2)39-30-35(51(23-9-27-71-69-67-56)24-10-28-72-70-68-57)17-19-40(39)52(26-11-29-73(58,59)60)43(48)21-15-33-12-8-13-34(47(33)50)16-22-44-49(3,4)46-38-31-36(74(61,62)63)32-42(75(64,65)66)37(38)18-20-41(46)53(44)25-7-5-6-14-45(54)55/h15-22,30-32H,5-14,23-29H2,1-4H3,(H5-,54,55,56,57,58,59,60,61,62,63,64,65,66)/p+1. The van der Waals surface area contributed by atoms with Gasteiger partial charge in [0.1, 0.15) is 11.4 Å². The average Bonchev–Trinajstić information content (AvgIpc) is 3.68. The summed E-state index contributed by atoms with van der Waals surface area (Å²) < 4.78 is 115. The molecule has 6 rings (SSSR count). The number of halogens is 1. The zero-order chi connectivity index (χ0) is 54.9. The highest BCUT2D eigenvalue weighted by Crippen LogP contribution is 2.50. The van der Waals surface area contributed by atoms with Crippen LogP contribution >= 0.6 is 35.7 Å². The maximum atomic E-state index is 12.7. The van der Waals surface area contributed by atoms with Gasteiger partial charge in [-0.15, -0.1) is 8.67 Å². The summed E-state index contributed by atoms with van der Waals surface area (Å²) in [4.78, 5) is 14.2. The van der Waals surface area contributed by atoms with Gasteiger partial charge in [-0.05, 0) is 130 Å². The van der Waals surface area contributed by atoms with Crippen LogP contribution in [0.5, 0.6) is 0 Å². The van der Waals surface area contributed by atoms with Crippen LogP contribution in [0, 0.1) is 0 Å². The minimum atomic E-state index is -4.97. The second-order valence-electron chi connectivity index (χ2n) is 19.3. The third kappa shape index (κ3) is 15.0. The molecule has 0 unspecified atom stereocenters. The van der Waals surface area contributed by atoms with Gasteiger partial charge >= 0.3 is 5.97 Å². The first-order valence-electron chi connectivity index (χ1n) is 24.0. The molecule has 0 atom stereocenters. The van der Waals surface area contributed by atoms with Crippen molar-refractivity contribution in [1.29, 1.82) is 0 Å². The lowest BCUT2D eigenvalue weighted by molar-refractivity contribution is -0.438. The van der Waals surface area contributed by atoms with Gasteiger partial charge in [0.15, 0.2) is 5.71 Å². The number of benzene rings is 3. The van der Waals surface area contributed by atoms with Gasteiger partial charge in [0.05, 0.1) is 16.1 Å². The summed E-state index contributed by atoms with van der Waals surface area (Å²) in [6.45, 7) is 9.88. The smallest absolute Gasteiger partial charge is 0.303 e. The van der Waals surface area contributed by atoms with Crippen molar-refractivity contribution in [1.82, 2.24) is 0 Å². The van der Waals surface area contributed by atoms with E-state index in [2.05, 4.69) is 48.5 Å². The van der Waals surface area contributed by atoms with Crippen LogP contribution in [-0.2, 0) is 64.7 Å². The van der Waals surface area contributed by atoms with Gasteiger partial charge in [-0.25, -0.2) is 10.5 Å². The Morgan fingerprint density at radius 2 is 1.48 bits per heavy atom. The average molecular weight is 1160 g/mol. The van der Waals surface area contributed by atoms with Gasteiger partial charge in [-0.1, -0.05) is 47.7 Å². The van der Waals surface area contributed by atoms with Crippen molar-refractivity contribution in [2.45, 2.75) is 113 Å². The molecule has 6 N–H and O–H groups in total. The van der Waals surface area contributed by atoms with Crippen molar-refractivity contribution in [2.24, 2.45) is 0 Å². The second-order valence-corrected chi connectivity index (χ2v) is 25.6. The molecule has 26 heteroatoms. The van der Waals surface area contributed by atoms with Gasteiger partial charge in [0, 0.05) is 119 Å². The molecule has 1 aliphatic carbocycles. The van der Waals surface area contributed by atoms with Crippen LogP contribution in [0.15, 0.2) is 98.4 Å². The maximum Gasteiger partial charge on any atom is 0.303 e. The molecule has 3 aromatic rings. The van der Waals surface area contributed by atoms with Crippen LogP contribution in [0.3, 0.4) is 0 Å². The lowest BCUT2D eigenvalue weighted by Crippen LogP contribution is -2.28. The molecule has 0 aromatic heterocycles. The van der Waals surface area contributed by atoms with Gasteiger partial charge in [-0.3, -0.25) is 18.5 Å². The number of unbranched alkanes of at least 4 members (excludes halogenated alkanes) is 2. The molecule has 75 heavy (non-hydrogen) atoms. The third-order valence-corrected chi connectivity index (χ3v) is 17.8. The van der Waals surface area contributed by atoms with E-state index in [0.717, 1.165) is 76.1 Å². The summed E-state index contributed by atoms with van der Waals surface area (Å²) in [6.07, 6.45) is 12.9. The van der Waals surface area contributed by atoms with E-state index in [1.807, 2.05) is 54.9 Å². The molecule has 2 heterocycles. The summed E-state index contributed by atoms with van der Waals surface area (Å²) in [5.74, 6) is -0.307. The molecule has 2 aliphatic heterocycles. The SMILES string of the molecule is CC1(C)C(=CC=C2CCCC(C=CC3=[N+](CCCCCC(=O)O)c4ccc5c(S(=O)(=O)O)cc(S(=O)(=O)O)cc5c4C3(C)C)=C2Cl)N(CCCS(=O)(=O)O)c2ccc(N(CCCSOOO)CCCSOOO)cc21. The first kappa shape index (κ1) is 60.3. The van der Waals surface area contributed by atoms with E-state index in [0.29, 0.717) is 92.4 Å². The lowest BCUT2D eigenvalue weighted by Gasteiger charge is -2.27. The predicted molar refractivity (Wildman–Crippen MR) is 288 cm³/mol. The zero-order valence-corrected chi connectivity index (χ0v) is 46.6. The molecule has 0 saturated carbocycles. The van der Waals surface area contributed by atoms with Crippen molar-refractivity contribution >= 4 is 106 Å². The molecular formula is C49H63ClN3O17S5+. The van der Waals surface area contributed by atoms with Crippen LogP contribution in [0.1, 0.15) is 103 Å². The van der Waals surface area contributed by atoms with E-state index in [1.54, 1.807) is 6.07 Å². The second kappa shape index (κ2) is 25.7. The summed E-state index contributed by atoms with van der Waals surface area (Å²) in [7, 11) is -14.1. The van der Waals surface area contributed by atoms with Crippen LogP contribution in [-0.4, -0.2) is 114 Å². The number of carboxylic acids is 1. The van der Waals surface area contributed by atoms with Crippen molar-refractivity contribution < 1.29 is 82.6 Å². The summed E-state index contributed by atoms with van der Waals surface area (Å²) >= 11 is 9.23. The van der Waals surface area contributed by atoms with E-state index < -0.39 is 62.7 Å². The van der Waals surface area contributed by atoms with Crippen LogP contribution in [0.25, 0.3) is 10.8 Å². The predicted octanol–water partition coefficient (Wildman–Crippen LogP) is 10.2. The first-order chi connectivity index (χ1) is 35.3. The Morgan fingerprint density at radius 3 is 2.09 bits per heavy atom.